The Morgan fingerprint density at radius 3 is 1.17 bits per heavy atom. The predicted octanol–water partition coefficient (Wildman–Crippen LogP) is 16.6. The van der Waals surface area contributed by atoms with Crippen LogP contribution < -0.4 is 5.11 Å². The summed E-state index contributed by atoms with van der Waals surface area (Å²) in [5.41, 5.74) is 0. The molecular formula is C66H111NO8. The maximum atomic E-state index is 12.8. The lowest BCUT2D eigenvalue weighted by molar-refractivity contribution is -0.870. The molecule has 0 radical (unpaired) electrons. The van der Waals surface area contributed by atoms with Gasteiger partial charge in [0, 0.05) is 12.8 Å². The number of carboxylic acids is 1. The molecule has 0 amide bonds. The summed E-state index contributed by atoms with van der Waals surface area (Å²) in [7, 11) is 5.90. The van der Waals surface area contributed by atoms with Gasteiger partial charge in [-0.2, -0.15) is 0 Å². The van der Waals surface area contributed by atoms with Crippen molar-refractivity contribution in [1.29, 1.82) is 0 Å². The fourth-order valence-corrected chi connectivity index (χ4v) is 7.91. The second-order valence-corrected chi connectivity index (χ2v) is 20.9. The van der Waals surface area contributed by atoms with E-state index in [-0.39, 0.29) is 38.6 Å². The van der Waals surface area contributed by atoms with Crippen LogP contribution in [0.15, 0.2) is 109 Å². The van der Waals surface area contributed by atoms with Crippen LogP contribution in [0.5, 0.6) is 0 Å². The van der Waals surface area contributed by atoms with Gasteiger partial charge in [-0.15, -0.1) is 0 Å². The maximum absolute atomic E-state index is 12.8. The number of allylic oxidation sites excluding steroid dienone is 18. The monoisotopic (exact) mass is 1050 g/mol. The number of ether oxygens (including phenoxy) is 4. The van der Waals surface area contributed by atoms with Gasteiger partial charge in [-0.05, 0) is 96.3 Å². The first-order chi connectivity index (χ1) is 36.6. The van der Waals surface area contributed by atoms with Gasteiger partial charge in [-0.3, -0.25) is 9.59 Å². The summed E-state index contributed by atoms with van der Waals surface area (Å²) < 4.78 is 22.6. The Hall–Kier alpha value is -4.05. The van der Waals surface area contributed by atoms with E-state index in [0.717, 1.165) is 70.6 Å². The summed E-state index contributed by atoms with van der Waals surface area (Å²) >= 11 is 0. The molecule has 2 atom stereocenters. The molecule has 0 aromatic rings. The first-order valence-electron chi connectivity index (χ1n) is 30.0. The van der Waals surface area contributed by atoms with Crippen LogP contribution in [0.3, 0.4) is 0 Å². The van der Waals surface area contributed by atoms with E-state index in [1.54, 1.807) is 0 Å². The van der Waals surface area contributed by atoms with E-state index >= 15 is 0 Å². The molecular weight excluding hydrogens is 935 g/mol. The molecule has 9 nitrogen and oxygen atoms in total. The van der Waals surface area contributed by atoms with Crippen LogP contribution in [-0.2, 0) is 33.3 Å². The van der Waals surface area contributed by atoms with Gasteiger partial charge in [-0.25, -0.2) is 0 Å². The molecule has 0 aliphatic carbocycles. The highest BCUT2D eigenvalue weighted by Crippen LogP contribution is 2.15. The van der Waals surface area contributed by atoms with Crippen LogP contribution in [0, 0.1) is 0 Å². The highest BCUT2D eigenvalue weighted by atomic mass is 16.7. The second kappa shape index (κ2) is 56.2. The van der Waals surface area contributed by atoms with Crippen molar-refractivity contribution in [2.24, 2.45) is 0 Å². The van der Waals surface area contributed by atoms with E-state index in [9.17, 15) is 19.5 Å². The average Bonchev–Trinajstić information content (AvgIpc) is 3.38. The van der Waals surface area contributed by atoms with Crippen molar-refractivity contribution in [2.45, 2.75) is 245 Å². The van der Waals surface area contributed by atoms with E-state index in [4.69, 9.17) is 18.9 Å². The minimum atomic E-state index is -1.64. The molecule has 0 saturated heterocycles. The molecule has 0 bridgehead atoms. The standard InChI is InChI=1S/C66H111NO8/c1-6-8-10-12-14-16-18-20-22-24-26-28-30-31-32-33-35-36-38-40-42-44-46-48-50-52-54-56-63(68)73-60-62(61-74-66(65(70)71)72-59-58-67(3,4)5)75-64(69)57-55-53-51-49-47-45-43-41-39-37-34-29-27-25-23-21-19-17-15-13-11-9-7-2/h9,11,15,17-18,20-21,23-24,26-27,29,37,39,43,45,49,51,62,66H,6-8,10,12-14,16,19,22,25,28,30-36,38,40-42,44,46-48,50,52-61H2,1-5H3/b11-9-,17-15-,20-18-,23-21-,26-24-,29-27-,39-37-,45-43-,51-49-. The van der Waals surface area contributed by atoms with Gasteiger partial charge in [0.05, 0.1) is 40.3 Å². The number of esters is 2. The molecule has 0 rings (SSSR count). The molecule has 0 fully saturated rings. The zero-order chi connectivity index (χ0) is 54.8. The largest absolute Gasteiger partial charge is 0.545 e. The van der Waals surface area contributed by atoms with Crippen molar-refractivity contribution in [3.8, 4) is 0 Å². The van der Waals surface area contributed by atoms with E-state index in [0.29, 0.717) is 23.9 Å². The zero-order valence-electron chi connectivity index (χ0n) is 48.6. The third-order valence-corrected chi connectivity index (χ3v) is 12.5. The molecule has 0 aliphatic rings. The lowest BCUT2D eigenvalue weighted by Gasteiger charge is -2.26. The fourth-order valence-electron chi connectivity index (χ4n) is 7.91. The van der Waals surface area contributed by atoms with E-state index < -0.39 is 24.3 Å². The minimum absolute atomic E-state index is 0.131. The highest BCUT2D eigenvalue weighted by molar-refractivity contribution is 5.70. The number of hydrogen-bond acceptors (Lipinski definition) is 8. The summed E-state index contributed by atoms with van der Waals surface area (Å²) in [5, 5.41) is 11.8. The molecule has 75 heavy (non-hydrogen) atoms. The molecule has 0 spiro atoms. The van der Waals surface area contributed by atoms with Crippen molar-refractivity contribution in [3.63, 3.8) is 0 Å². The number of likely N-dealkylation sites (N-methyl/N-ethyl adjacent to an activating group) is 1. The van der Waals surface area contributed by atoms with Crippen molar-refractivity contribution >= 4 is 17.9 Å². The van der Waals surface area contributed by atoms with Gasteiger partial charge >= 0.3 is 11.9 Å². The Morgan fingerprint density at radius 2 is 0.773 bits per heavy atom. The van der Waals surface area contributed by atoms with E-state index in [2.05, 4.69) is 123 Å². The van der Waals surface area contributed by atoms with Crippen LogP contribution >= 0.6 is 0 Å². The van der Waals surface area contributed by atoms with Gasteiger partial charge in [0.15, 0.2) is 12.4 Å². The smallest absolute Gasteiger partial charge is 0.306 e. The van der Waals surface area contributed by atoms with Crippen LogP contribution in [0.25, 0.3) is 0 Å². The predicted molar refractivity (Wildman–Crippen MR) is 315 cm³/mol. The molecule has 0 aromatic heterocycles. The quantitative estimate of drug-likeness (QED) is 0.0195. The first kappa shape index (κ1) is 71.0. The van der Waals surface area contributed by atoms with Crippen molar-refractivity contribution in [2.75, 3.05) is 47.5 Å². The lowest BCUT2D eigenvalue weighted by atomic mass is 10.0. The molecule has 0 N–H and O–H groups in total. The Labute approximate surface area is 460 Å². The van der Waals surface area contributed by atoms with Gasteiger partial charge in [0.1, 0.15) is 13.2 Å². The minimum Gasteiger partial charge on any atom is -0.545 e. The average molecular weight is 1050 g/mol. The highest BCUT2D eigenvalue weighted by Gasteiger charge is 2.22. The van der Waals surface area contributed by atoms with Crippen LogP contribution in [0.4, 0.5) is 0 Å². The van der Waals surface area contributed by atoms with Crippen molar-refractivity contribution < 1.29 is 42.9 Å². The number of aliphatic carboxylic acids is 1. The molecule has 9 heteroatoms. The third kappa shape index (κ3) is 57.5. The molecule has 2 unspecified atom stereocenters. The van der Waals surface area contributed by atoms with E-state index in [1.165, 1.54) is 122 Å². The summed E-state index contributed by atoms with van der Waals surface area (Å²) in [6.07, 6.45) is 74.4. The second-order valence-electron chi connectivity index (χ2n) is 20.9. The van der Waals surface area contributed by atoms with Crippen LogP contribution in [0.1, 0.15) is 232 Å². The van der Waals surface area contributed by atoms with Gasteiger partial charge in [0.25, 0.3) is 0 Å². The lowest BCUT2D eigenvalue weighted by Crippen LogP contribution is -2.44. The zero-order valence-corrected chi connectivity index (χ0v) is 48.6. The Kier molecular flexibility index (Phi) is 53.1. The number of hydrogen-bond donors (Lipinski definition) is 0. The van der Waals surface area contributed by atoms with Gasteiger partial charge < -0.3 is 33.3 Å². The number of quaternary nitrogens is 1. The molecule has 0 aliphatic heterocycles. The maximum Gasteiger partial charge on any atom is 0.306 e. The number of rotatable bonds is 54. The summed E-state index contributed by atoms with van der Waals surface area (Å²) in [4.78, 5) is 37.3. The van der Waals surface area contributed by atoms with Crippen LogP contribution in [-0.4, -0.2) is 82.3 Å². The first-order valence-corrected chi connectivity index (χ1v) is 30.0. The Morgan fingerprint density at radius 1 is 0.413 bits per heavy atom. The molecule has 428 valence electrons. The van der Waals surface area contributed by atoms with Crippen molar-refractivity contribution in [1.82, 2.24) is 0 Å². The summed E-state index contributed by atoms with van der Waals surface area (Å²) in [6.45, 7) is 4.56. The summed E-state index contributed by atoms with van der Waals surface area (Å²) in [6, 6.07) is 0. The Bertz CT molecular complexity index is 1590. The number of carbonyl (C=O) groups is 3. The number of carbonyl (C=O) groups excluding carboxylic acids is 3. The topological polar surface area (TPSA) is 111 Å². The van der Waals surface area contributed by atoms with Gasteiger partial charge in [-0.1, -0.05) is 232 Å². The molecule has 0 aromatic carbocycles. The number of unbranched alkanes of at least 4 members (excludes halogenated alkanes) is 21. The normalized spacial score (nSPS) is 13.6. The third-order valence-electron chi connectivity index (χ3n) is 12.5. The molecule has 0 heterocycles. The van der Waals surface area contributed by atoms with Gasteiger partial charge in [0.2, 0.25) is 0 Å². The number of carboxylic acid groups (broad SMARTS) is 1. The number of nitrogens with zero attached hydrogens (tertiary/aromatic N) is 1. The van der Waals surface area contributed by atoms with Crippen molar-refractivity contribution in [3.05, 3.63) is 109 Å². The van der Waals surface area contributed by atoms with Crippen LogP contribution in [0.2, 0.25) is 0 Å². The Balaban J connectivity index is 4.31. The van der Waals surface area contributed by atoms with E-state index in [1.807, 2.05) is 21.1 Å². The SMILES string of the molecule is CC/C=C\C/C=C\C/C=C\C/C=C\C/C=C\C/C=C\C/C=C\CCCC(=O)OC(COC(=O)CCCCCCCCCCCCCCCCC/C=C\C/C=C\CCCCCCC)COC(OCC[N+](C)(C)C)C(=O)[O-]. The summed E-state index contributed by atoms with van der Waals surface area (Å²) in [5.74, 6) is -2.37. The molecule has 0 saturated carbocycles. The fraction of sp³-hybridized carbons (Fsp3) is 0.682.